The van der Waals surface area contributed by atoms with Crippen molar-refractivity contribution in [1.29, 1.82) is 0 Å². The summed E-state index contributed by atoms with van der Waals surface area (Å²) in [4.78, 5) is 12.1. The Morgan fingerprint density at radius 1 is 1.48 bits per heavy atom. The monoisotopic (exact) mass is 442 g/mol. The Morgan fingerprint density at radius 2 is 2.14 bits per heavy atom. The van der Waals surface area contributed by atoms with E-state index in [1.807, 2.05) is 36.4 Å². The van der Waals surface area contributed by atoms with Gasteiger partial charge in [0.2, 0.25) is 0 Å². The zero-order valence-electron chi connectivity index (χ0n) is 11.5. The van der Waals surface area contributed by atoms with Crippen LogP contribution in [0.3, 0.4) is 0 Å². The molecule has 1 fully saturated rings. The lowest BCUT2D eigenvalue weighted by atomic mass is 10.1. The van der Waals surface area contributed by atoms with E-state index < -0.39 is 0 Å². The summed E-state index contributed by atoms with van der Waals surface area (Å²) < 4.78 is 19.7. The van der Waals surface area contributed by atoms with Gasteiger partial charge < -0.3 is 4.74 Å². The van der Waals surface area contributed by atoms with Gasteiger partial charge in [-0.15, -0.1) is 0 Å². The van der Waals surface area contributed by atoms with E-state index in [1.165, 1.54) is 0 Å². The van der Waals surface area contributed by atoms with E-state index >= 15 is 0 Å². The molecule has 2 atom stereocenters. The lowest BCUT2D eigenvalue weighted by Gasteiger charge is -2.07. The molecular weight excluding hydrogens is 429 g/mol. The molecule has 1 aliphatic rings. The van der Waals surface area contributed by atoms with Gasteiger partial charge in [-0.25, -0.2) is 4.39 Å². The van der Waals surface area contributed by atoms with Gasteiger partial charge in [0.05, 0.1) is 5.92 Å². The molecule has 0 N–H and O–H groups in total. The minimum absolute atomic E-state index is 0.0456. The number of carbonyl (C=O) groups is 1. The Morgan fingerprint density at radius 3 is 2.76 bits per heavy atom. The molecule has 1 aromatic carbocycles. The first-order valence-corrected chi connectivity index (χ1v) is 8.21. The normalized spacial score (nSPS) is 22.6. The molecule has 1 saturated carbocycles. The third kappa shape index (κ3) is 3.71. The summed E-state index contributed by atoms with van der Waals surface area (Å²) in [6.07, 6.45) is 1.65. The highest BCUT2D eigenvalue weighted by molar-refractivity contribution is 14.1. The molecule has 6 heteroatoms. The fraction of sp³-hybridized carbons (Fsp3) is 0.400. The molecule has 0 aromatic heterocycles. The van der Waals surface area contributed by atoms with Crippen LogP contribution in [0.1, 0.15) is 19.4 Å². The Labute approximate surface area is 146 Å². The van der Waals surface area contributed by atoms with Crippen LogP contribution in [0.25, 0.3) is 0 Å². The van der Waals surface area contributed by atoms with Crippen molar-refractivity contribution >= 4 is 51.8 Å². The molecule has 0 radical (unpaired) electrons. The first-order chi connectivity index (χ1) is 9.75. The van der Waals surface area contributed by atoms with Crippen molar-refractivity contribution < 1.29 is 13.9 Å². The number of halogens is 4. The quantitative estimate of drug-likeness (QED) is 0.481. The Kier molecular flexibility index (Phi) is 5.21. The van der Waals surface area contributed by atoms with Gasteiger partial charge in [-0.1, -0.05) is 49.2 Å². The maximum absolute atomic E-state index is 13.8. The van der Waals surface area contributed by atoms with Gasteiger partial charge in [0.25, 0.3) is 0 Å². The summed E-state index contributed by atoms with van der Waals surface area (Å²) in [5.74, 6) is -1.04. The summed E-state index contributed by atoms with van der Waals surface area (Å²) in [6.45, 7) is 3.82. The summed E-state index contributed by atoms with van der Waals surface area (Å²) in [5, 5.41) is 0. The topological polar surface area (TPSA) is 26.3 Å². The first kappa shape index (κ1) is 17.0. The van der Waals surface area contributed by atoms with Gasteiger partial charge >= 0.3 is 5.97 Å². The highest BCUT2D eigenvalue weighted by atomic mass is 127. The van der Waals surface area contributed by atoms with Crippen molar-refractivity contribution in [2.45, 2.75) is 20.5 Å². The van der Waals surface area contributed by atoms with Gasteiger partial charge in [-0.3, -0.25) is 4.79 Å². The number of carbonyl (C=O) groups excluding carboxylic acids is 1. The fourth-order valence-electron chi connectivity index (χ4n) is 2.47. The molecule has 0 heterocycles. The average Bonchev–Trinajstić information content (AvgIpc) is 2.91. The van der Waals surface area contributed by atoms with E-state index in [2.05, 4.69) is 0 Å². The molecule has 21 heavy (non-hydrogen) atoms. The van der Waals surface area contributed by atoms with E-state index in [0.717, 1.165) is 0 Å². The third-order valence-electron chi connectivity index (χ3n) is 3.87. The van der Waals surface area contributed by atoms with Crippen molar-refractivity contribution in [1.82, 2.24) is 0 Å². The van der Waals surface area contributed by atoms with Crippen LogP contribution in [-0.4, -0.2) is 5.97 Å². The van der Waals surface area contributed by atoms with Crippen molar-refractivity contribution in [3.05, 3.63) is 43.7 Å². The molecule has 0 spiro atoms. The predicted molar refractivity (Wildman–Crippen MR) is 89.5 cm³/mol. The molecule has 2 nitrogen and oxygen atoms in total. The van der Waals surface area contributed by atoms with Gasteiger partial charge in [0.1, 0.15) is 16.9 Å². The molecule has 0 amide bonds. The van der Waals surface area contributed by atoms with Crippen molar-refractivity contribution in [2.24, 2.45) is 17.3 Å². The van der Waals surface area contributed by atoms with E-state index in [1.54, 1.807) is 24.3 Å². The molecule has 2 rings (SSSR count). The standard InChI is InChI=1S/C15H14Cl2FIO2/c1-15(2)9(6-11(16)17)12(15)14(20)21-7-8-4-3-5-10(19)13(8)18/h3-6,9,12H,7H2,1-2H3. The minimum Gasteiger partial charge on any atom is -0.460 e. The molecular formula is C15H14Cl2FIO2. The number of ether oxygens (including phenoxy) is 1. The van der Waals surface area contributed by atoms with Crippen molar-refractivity contribution in [3.8, 4) is 0 Å². The number of hydrogen-bond donors (Lipinski definition) is 0. The zero-order chi connectivity index (χ0) is 15.8. The molecule has 0 aliphatic heterocycles. The number of hydrogen-bond acceptors (Lipinski definition) is 2. The van der Waals surface area contributed by atoms with E-state index in [-0.39, 0.29) is 40.1 Å². The lowest BCUT2D eigenvalue weighted by molar-refractivity contribution is -0.147. The molecule has 1 aliphatic carbocycles. The average molecular weight is 443 g/mol. The first-order valence-electron chi connectivity index (χ1n) is 6.37. The second-order valence-corrected chi connectivity index (χ2v) is 7.77. The molecule has 0 saturated heterocycles. The molecule has 0 bridgehead atoms. The van der Waals surface area contributed by atoms with Crippen molar-refractivity contribution in [2.75, 3.05) is 0 Å². The van der Waals surface area contributed by atoms with Crippen LogP contribution in [0.15, 0.2) is 28.8 Å². The van der Waals surface area contributed by atoms with Crippen LogP contribution >= 0.6 is 45.8 Å². The number of esters is 1. The minimum atomic E-state index is -0.353. The van der Waals surface area contributed by atoms with E-state index in [0.29, 0.717) is 9.13 Å². The zero-order valence-corrected chi connectivity index (χ0v) is 15.2. The second-order valence-electron chi connectivity index (χ2n) is 5.60. The number of allylic oxidation sites excluding steroid dienone is 1. The molecule has 2 unspecified atom stereocenters. The van der Waals surface area contributed by atoms with Gasteiger partial charge in [-0.2, -0.15) is 0 Å². The van der Waals surface area contributed by atoms with Crippen LogP contribution in [0.5, 0.6) is 0 Å². The predicted octanol–water partition coefficient (Wildman–Crippen LogP) is 5.06. The van der Waals surface area contributed by atoms with Crippen LogP contribution in [0.4, 0.5) is 4.39 Å². The molecule has 114 valence electrons. The highest BCUT2D eigenvalue weighted by Crippen LogP contribution is 2.60. The van der Waals surface area contributed by atoms with Gasteiger partial charge in [0.15, 0.2) is 0 Å². The number of benzene rings is 1. The molecule has 1 aromatic rings. The maximum atomic E-state index is 13.8. The second kappa shape index (κ2) is 6.42. The highest BCUT2D eigenvalue weighted by Gasteiger charge is 2.61. The maximum Gasteiger partial charge on any atom is 0.310 e. The van der Waals surface area contributed by atoms with Crippen LogP contribution < -0.4 is 0 Å². The smallest absolute Gasteiger partial charge is 0.310 e. The largest absolute Gasteiger partial charge is 0.460 e. The Hall–Kier alpha value is -0.330. The summed E-state index contributed by atoms with van der Waals surface area (Å²) in [5.41, 5.74) is 0.131. The summed E-state index contributed by atoms with van der Waals surface area (Å²) in [7, 11) is 0. The van der Waals surface area contributed by atoms with E-state index in [9.17, 15) is 9.18 Å². The summed E-state index contributed by atoms with van der Waals surface area (Å²) >= 11 is 13.2. The third-order valence-corrected chi connectivity index (χ3v) is 4.96. The van der Waals surface area contributed by atoms with Gasteiger partial charge in [-0.05, 0) is 46.1 Å². The summed E-state index contributed by atoms with van der Waals surface area (Å²) in [6, 6.07) is 5.00. The van der Waals surface area contributed by atoms with E-state index in [4.69, 9.17) is 27.9 Å². The number of rotatable bonds is 4. The lowest BCUT2D eigenvalue weighted by Crippen LogP contribution is -2.11. The fourth-order valence-corrected chi connectivity index (χ4v) is 3.30. The van der Waals surface area contributed by atoms with Crippen LogP contribution in [-0.2, 0) is 16.1 Å². The van der Waals surface area contributed by atoms with Crippen LogP contribution in [0.2, 0.25) is 0 Å². The van der Waals surface area contributed by atoms with Gasteiger partial charge in [0, 0.05) is 9.13 Å². The Bertz CT molecular complexity index is 597. The van der Waals surface area contributed by atoms with Crippen LogP contribution in [0, 0.1) is 26.6 Å². The Balaban J connectivity index is 2.00. The SMILES string of the molecule is CC1(C)C(C=C(Cl)Cl)C1C(=O)OCc1cccc(I)c1F. The van der Waals surface area contributed by atoms with Crippen molar-refractivity contribution in [3.63, 3.8) is 0 Å².